The topological polar surface area (TPSA) is 82.8 Å². The third-order valence-electron chi connectivity index (χ3n) is 6.42. The fraction of sp³-hybridized carbons (Fsp3) is 0.630. The number of carbonyl (C=O) groups is 2. The summed E-state index contributed by atoms with van der Waals surface area (Å²) in [7, 11) is 0. The summed E-state index contributed by atoms with van der Waals surface area (Å²) in [6, 6.07) is 1.61. The lowest BCUT2D eigenvalue weighted by molar-refractivity contribution is -0.136. The highest BCUT2D eigenvalue weighted by Crippen LogP contribution is 2.30. The summed E-state index contributed by atoms with van der Waals surface area (Å²) in [5, 5.41) is 20.8. The highest BCUT2D eigenvalue weighted by Gasteiger charge is 2.22. The van der Waals surface area contributed by atoms with Gasteiger partial charge in [-0.25, -0.2) is 0 Å². The van der Waals surface area contributed by atoms with Crippen LogP contribution in [0, 0.1) is 5.92 Å². The van der Waals surface area contributed by atoms with Gasteiger partial charge in [0, 0.05) is 36.9 Å². The molecule has 2 N–H and O–H groups in total. The molecule has 2 rings (SSSR count). The summed E-state index contributed by atoms with van der Waals surface area (Å²) in [5.74, 6) is 0.0422. The number of amides is 2. The van der Waals surface area contributed by atoms with Gasteiger partial charge in [0.25, 0.3) is 11.8 Å². The minimum Gasteiger partial charge on any atom is -0.494 e. The Kier molecular flexibility index (Phi) is 11.8. The Morgan fingerprint density at radius 1 is 0.879 bits per heavy atom. The molecule has 1 aromatic heterocycles. The molecule has 2 amide bonds. The lowest BCUT2D eigenvalue weighted by Crippen LogP contribution is -2.31. The van der Waals surface area contributed by atoms with Crippen molar-refractivity contribution in [2.75, 3.05) is 6.54 Å². The molecule has 1 aromatic rings. The van der Waals surface area contributed by atoms with Crippen molar-refractivity contribution in [3.63, 3.8) is 0 Å². The second-order valence-corrected chi connectivity index (χ2v) is 9.30. The fourth-order valence-corrected chi connectivity index (χ4v) is 4.24. The molecule has 0 fully saturated rings. The summed E-state index contributed by atoms with van der Waals surface area (Å²) in [5.41, 5.74) is 0.651. The van der Waals surface area contributed by atoms with Crippen LogP contribution in [0.25, 0.3) is 6.08 Å². The highest BCUT2D eigenvalue weighted by molar-refractivity contribution is 6.12. The van der Waals surface area contributed by atoms with Gasteiger partial charge in [-0.2, -0.15) is 0 Å². The van der Waals surface area contributed by atoms with E-state index in [1.807, 2.05) is 6.08 Å². The first kappa shape index (κ1) is 26.7. The predicted octanol–water partition coefficient (Wildman–Crippen LogP) is 6.17. The standard InChI is InChI=1S/C27H42N2O4/c1-3-4-5-6-7-8-9-10-11-12-15-23-21-26(32)29(27(23)33)20-18-22(2)14-13-19-28-24(30)16-17-25(28)31/h12,15-17,21-22,32-33H,3-11,13-14,18-20H2,1-2H3/b15-12+. The number of unbranched alkanes of at least 4 members (excludes halogenated alkanes) is 8. The molecular weight excluding hydrogens is 416 g/mol. The predicted molar refractivity (Wildman–Crippen MR) is 133 cm³/mol. The van der Waals surface area contributed by atoms with Crippen molar-refractivity contribution in [3.8, 4) is 11.8 Å². The number of allylic oxidation sites excluding steroid dienone is 1. The first-order valence-corrected chi connectivity index (χ1v) is 12.8. The number of nitrogens with zero attached hydrogens (tertiary/aromatic N) is 2. The van der Waals surface area contributed by atoms with Gasteiger partial charge in [-0.1, -0.05) is 70.9 Å². The van der Waals surface area contributed by atoms with Crippen molar-refractivity contribution < 1.29 is 19.8 Å². The lowest BCUT2D eigenvalue weighted by atomic mass is 10.0. The maximum atomic E-state index is 11.6. The monoisotopic (exact) mass is 458 g/mol. The molecule has 2 heterocycles. The van der Waals surface area contributed by atoms with E-state index >= 15 is 0 Å². The number of hydrogen-bond acceptors (Lipinski definition) is 4. The van der Waals surface area contributed by atoms with Crippen LogP contribution in [0.4, 0.5) is 0 Å². The van der Waals surface area contributed by atoms with Crippen LogP contribution >= 0.6 is 0 Å². The molecule has 6 nitrogen and oxygen atoms in total. The van der Waals surface area contributed by atoms with E-state index in [-0.39, 0.29) is 23.6 Å². The quantitative estimate of drug-likeness (QED) is 0.216. The van der Waals surface area contributed by atoms with Crippen LogP contribution in [-0.2, 0) is 16.1 Å². The Labute approximate surface area is 199 Å². The Balaban J connectivity index is 1.65. The van der Waals surface area contributed by atoms with Crippen molar-refractivity contribution in [1.29, 1.82) is 0 Å². The van der Waals surface area contributed by atoms with E-state index in [4.69, 9.17) is 0 Å². The molecule has 184 valence electrons. The second kappa shape index (κ2) is 14.6. The molecule has 0 bridgehead atoms. The van der Waals surface area contributed by atoms with Crippen LogP contribution in [0.15, 0.2) is 24.3 Å². The minimum absolute atomic E-state index is 0.0748. The van der Waals surface area contributed by atoms with E-state index < -0.39 is 0 Å². The Bertz CT molecular complexity index is 791. The third kappa shape index (κ3) is 9.10. The Hall–Kier alpha value is -2.50. The van der Waals surface area contributed by atoms with Crippen LogP contribution in [0.2, 0.25) is 0 Å². The van der Waals surface area contributed by atoms with Gasteiger partial charge in [0.1, 0.15) is 0 Å². The molecule has 6 heteroatoms. The number of carbonyl (C=O) groups excluding carboxylic acids is 2. The summed E-state index contributed by atoms with van der Waals surface area (Å²) >= 11 is 0. The van der Waals surface area contributed by atoms with Crippen molar-refractivity contribution in [2.45, 2.75) is 97.4 Å². The van der Waals surface area contributed by atoms with Crippen LogP contribution in [-0.4, -0.2) is 38.0 Å². The summed E-state index contributed by atoms with van der Waals surface area (Å²) in [6.07, 6.45) is 20.3. The zero-order valence-corrected chi connectivity index (χ0v) is 20.5. The maximum absolute atomic E-state index is 11.6. The molecule has 1 aliphatic rings. The second-order valence-electron chi connectivity index (χ2n) is 9.30. The van der Waals surface area contributed by atoms with Gasteiger partial charge in [0.15, 0.2) is 5.88 Å². The largest absolute Gasteiger partial charge is 0.494 e. The molecule has 0 spiro atoms. The molecule has 0 aromatic carbocycles. The Morgan fingerprint density at radius 2 is 1.52 bits per heavy atom. The van der Waals surface area contributed by atoms with E-state index in [2.05, 4.69) is 19.9 Å². The van der Waals surface area contributed by atoms with Gasteiger partial charge in [-0.3, -0.25) is 19.1 Å². The van der Waals surface area contributed by atoms with Crippen molar-refractivity contribution in [1.82, 2.24) is 9.47 Å². The minimum atomic E-state index is -0.238. The van der Waals surface area contributed by atoms with Gasteiger partial charge in [0.05, 0.1) is 0 Å². The summed E-state index contributed by atoms with van der Waals surface area (Å²) in [4.78, 5) is 24.4. The number of aromatic nitrogens is 1. The maximum Gasteiger partial charge on any atom is 0.253 e. The smallest absolute Gasteiger partial charge is 0.253 e. The average Bonchev–Trinajstić information content (AvgIpc) is 3.25. The van der Waals surface area contributed by atoms with Crippen molar-refractivity contribution in [2.24, 2.45) is 5.92 Å². The van der Waals surface area contributed by atoms with Crippen LogP contribution in [0.5, 0.6) is 11.8 Å². The zero-order valence-electron chi connectivity index (χ0n) is 20.5. The fourth-order valence-electron chi connectivity index (χ4n) is 4.24. The van der Waals surface area contributed by atoms with Gasteiger partial charge >= 0.3 is 0 Å². The van der Waals surface area contributed by atoms with Crippen LogP contribution in [0.3, 0.4) is 0 Å². The molecule has 0 saturated carbocycles. The molecule has 0 aliphatic carbocycles. The van der Waals surface area contributed by atoms with E-state index in [9.17, 15) is 19.8 Å². The zero-order chi connectivity index (χ0) is 24.1. The molecule has 1 aliphatic heterocycles. The molecule has 0 saturated heterocycles. The van der Waals surface area contributed by atoms with Crippen LogP contribution < -0.4 is 0 Å². The Morgan fingerprint density at radius 3 is 2.18 bits per heavy atom. The van der Waals surface area contributed by atoms with Crippen molar-refractivity contribution in [3.05, 3.63) is 29.9 Å². The van der Waals surface area contributed by atoms with Gasteiger partial charge in [0.2, 0.25) is 5.88 Å². The number of rotatable bonds is 17. The van der Waals surface area contributed by atoms with Gasteiger partial charge in [-0.15, -0.1) is 0 Å². The normalized spacial score (nSPS) is 14.8. The van der Waals surface area contributed by atoms with Crippen molar-refractivity contribution >= 4 is 17.9 Å². The summed E-state index contributed by atoms with van der Waals surface area (Å²) in [6.45, 7) is 5.30. The first-order valence-electron chi connectivity index (χ1n) is 12.8. The molecule has 1 atom stereocenters. The summed E-state index contributed by atoms with van der Waals surface area (Å²) < 4.78 is 1.55. The SMILES string of the molecule is CCCCCCCCCC/C=C/c1cc(O)n(CCC(C)CCCN2C(=O)C=CC2=O)c1O. The van der Waals surface area contributed by atoms with E-state index in [0.717, 1.165) is 32.1 Å². The molecule has 33 heavy (non-hydrogen) atoms. The lowest BCUT2D eigenvalue weighted by Gasteiger charge is -2.16. The first-order chi connectivity index (χ1) is 15.9. The number of imide groups is 1. The van der Waals surface area contributed by atoms with Gasteiger partial charge < -0.3 is 10.2 Å². The van der Waals surface area contributed by atoms with E-state index in [0.29, 0.717) is 24.6 Å². The third-order valence-corrected chi connectivity index (χ3v) is 6.42. The molecule has 0 radical (unpaired) electrons. The molecular formula is C27H42N2O4. The number of hydrogen-bond donors (Lipinski definition) is 2. The van der Waals surface area contributed by atoms with E-state index in [1.165, 1.54) is 62.0 Å². The van der Waals surface area contributed by atoms with Crippen LogP contribution in [0.1, 0.15) is 96.5 Å². The highest BCUT2D eigenvalue weighted by atomic mass is 16.3. The number of aromatic hydroxyl groups is 2. The van der Waals surface area contributed by atoms with E-state index in [1.54, 1.807) is 10.6 Å². The molecule has 1 unspecified atom stereocenters. The average molecular weight is 459 g/mol. The van der Waals surface area contributed by atoms with Gasteiger partial charge in [-0.05, 0) is 38.0 Å².